The molecule has 0 saturated carbocycles. The lowest BCUT2D eigenvalue weighted by molar-refractivity contribution is -0.134. The van der Waals surface area contributed by atoms with E-state index in [1.165, 1.54) is 16.9 Å². The topological polar surface area (TPSA) is 54.9 Å². The number of rotatable bonds is 5. The first-order valence-corrected chi connectivity index (χ1v) is 11.4. The summed E-state index contributed by atoms with van der Waals surface area (Å²) >= 11 is 1.53. The molecular formula is C24H25N3O3S. The van der Waals surface area contributed by atoms with Crippen LogP contribution in [0.25, 0.3) is 0 Å². The molecule has 7 heteroatoms. The maximum absolute atomic E-state index is 11.9. The minimum absolute atomic E-state index is 0.100. The molecule has 0 spiro atoms. The van der Waals surface area contributed by atoms with Gasteiger partial charge in [-0.25, -0.2) is 4.98 Å². The summed E-state index contributed by atoms with van der Waals surface area (Å²) in [6.07, 6.45) is 3.84. The van der Waals surface area contributed by atoms with E-state index in [2.05, 4.69) is 40.2 Å². The Morgan fingerprint density at radius 1 is 1.19 bits per heavy atom. The van der Waals surface area contributed by atoms with Gasteiger partial charge in [-0.1, -0.05) is 41.7 Å². The Balaban J connectivity index is 1.21. The summed E-state index contributed by atoms with van der Waals surface area (Å²) in [7, 11) is 1.85. The SMILES string of the molecule is CN1CCN(Cc2cnc(Oc3ccc4c(c3)CCC(c3ccccc3)O4)s2)CC1=O. The van der Waals surface area contributed by atoms with Gasteiger partial charge in [-0.15, -0.1) is 0 Å². The van der Waals surface area contributed by atoms with Crippen LogP contribution in [0.1, 0.15) is 28.5 Å². The molecule has 31 heavy (non-hydrogen) atoms. The van der Waals surface area contributed by atoms with E-state index < -0.39 is 0 Å². The quantitative estimate of drug-likeness (QED) is 0.599. The highest BCUT2D eigenvalue weighted by Crippen LogP contribution is 2.38. The number of hydrogen-bond acceptors (Lipinski definition) is 6. The molecule has 160 valence electrons. The van der Waals surface area contributed by atoms with E-state index in [9.17, 15) is 4.79 Å². The van der Waals surface area contributed by atoms with Crippen LogP contribution >= 0.6 is 11.3 Å². The van der Waals surface area contributed by atoms with Gasteiger partial charge in [0.05, 0.1) is 6.54 Å². The van der Waals surface area contributed by atoms with E-state index in [-0.39, 0.29) is 12.0 Å². The third-order valence-electron chi connectivity index (χ3n) is 5.80. The van der Waals surface area contributed by atoms with Crippen LogP contribution in [0.3, 0.4) is 0 Å². The van der Waals surface area contributed by atoms with Crippen LogP contribution < -0.4 is 9.47 Å². The Labute approximate surface area is 186 Å². The number of hydrogen-bond donors (Lipinski definition) is 0. The van der Waals surface area contributed by atoms with Gasteiger partial charge in [0, 0.05) is 37.8 Å². The normalized spacial score (nSPS) is 19.1. The van der Waals surface area contributed by atoms with E-state index in [1.807, 2.05) is 31.4 Å². The highest BCUT2D eigenvalue weighted by molar-refractivity contribution is 7.13. The molecule has 0 N–H and O–H groups in total. The van der Waals surface area contributed by atoms with Crippen molar-refractivity contribution < 1.29 is 14.3 Å². The second kappa shape index (κ2) is 8.69. The van der Waals surface area contributed by atoms with Crippen LogP contribution in [-0.4, -0.2) is 47.4 Å². The van der Waals surface area contributed by atoms with Crippen molar-refractivity contribution >= 4 is 17.2 Å². The molecule has 0 bridgehead atoms. The number of carbonyl (C=O) groups is 1. The van der Waals surface area contributed by atoms with Crippen molar-refractivity contribution in [3.8, 4) is 16.7 Å². The van der Waals surface area contributed by atoms with Crippen LogP contribution in [0, 0.1) is 0 Å². The summed E-state index contributed by atoms with van der Waals surface area (Å²) in [5.41, 5.74) is 2.38. The number of piperazine rings is 1. The molecular weight excluding hydrogens is 410 g/mol. The lowest BCUT2D eigenvalue weighted by Gasteiger charge is -2.31. The van der Waals surface area contributed by atoms with Crippen molar-refractivity contribution in [2.75, 3.05) is 26.7 Å². The zero-order valence-corrected chi connectivity index (χ0v) is 18.3. The average Bonchev–Trinajstić information content (AvgIpc) is 3.23. The van der Waals surface area contributed by atoms with Crippen LogP contribution in [0.4, 0.5) is 0 Å². The Kier molecular flexibility index (Phi) is 5.61. The summed E-state index contributed by atoms with van der Waals surface area (Å²) in [4.78, 5) is 21.3. The number of likely N-dealkylation sites (N-methyl/N-ethyl adjacent to an activating group) is 1. The molecule has 1 amide bonds. The second-order valence-corrected chi connectivity index (χ2v) is 9.12. The number of amides is 1. The minimum Gasteiger partial charge on any atom is -0.485 e. The lowest BCUT2D eigenvalue weighted by atomic mass is 9.97. The van der Waals surface area contributed by atoms with Crippen molar-refractivity contribution in [3.63, 3.8) is 0 Å². The van der Waals surface area contributed by atoms with Crippen molar-refractivity contribution in [2.45, 2.75) is 25.5 Å². The van der Waals surface area contributed by atoms with E-state index in [0.29, 0.717) is 11.7 Å². The third kappa shape index (κ3) is 4.57. The van der Waals surface area contributed by atoms with E-state index in [0.717, 1.165) is 54.4 Å². The molecule has 2 aliphatic heterocycles. The summed E-state index contributed by atoms with van der Waals surface area (Å²) in [5.74, 6) is 1.86. The third-order valence-corrected chi connectivity index (χ3v) is 6.66. The molecule has 0 aliphatic carbocycles. The summed E-state index contributed by atoms with van der Waals surface area (Å²) < 4.78 is 12.2. The van der Waals surface area contributed by atoms with Crippen LogP contribution in [-0.2, 0) is 17.8 Å². The van der Waals surface area contributed by atoms with Crippen molar-refractivity contribution in [1.82, 2.24) is 14.8 Å². The van der Waals surface area contributed by atoms with E-state index in [1.54, 1.807) is 4.90 Å². The fourth-order valence-corrected chi connectivity index (χ4v) is 4.82. The molecule has 3 heterocycles. The minimum atomic E-state index is 0.100. The Hall–Kier alpha value is -2.90. The van der Waals surface area contributed by atoms with E-state index >= 15 is 0 Å². The van der Waals surface area contributed by atoms with Gasteiger partial charge in [-0.05, 0) is 42.2 Å². The maximum atomic E-state index is 11.9. The number of aromatic nitrogens is 1. The largest absolute Gasteiger partial charge is 0.485 e. The molecule has 1 fully saturated rings. The van der Waals surface area contributed by atoms with Gasteiger partial charge in [0.1, 0.15) is 17.6 Å². The molecule has 0 radical (unpaired) electrons. The zero-order valence-electron chi connectivity index (χ0n) is 17.5. The summed E-state index contributed by atoms with van der Waals surface area (Å²) in [6.45, 7) is 2.83. The van der Waals surface area contributed by atoms with Crippen LogP contribution in [0.5, 0.6) is 16.7 Å². The summed E-state index contributed by atoms with van der Waals surface area (Å²) in [6, 6.07) is 16.3. The number of fused-ring (bicyclic) bond motifs is 1. The van der Waals surface area contributed by atoms with Gasteiger partial charge in [0.25, 0.3) is 5.19 Å². The predicted octanol–water partition coefficient (Wildman–Crippen LogP) is 4.28. The van der Waals surface area contributed by atoms with Crippen LogP contribution in [0.2, 0.25) is 0 Å². The standard InChI is InChI=1S/C24H25N3O3S/c1-26-11-12-27(16-23(26)28)15-20-14-25-24(31-20)29-19-8-10-22-18(13-19)7-9-21(30-22)17-5-3-2-4-6-17/h2-6,8,10,13-14,21H,7,9,11-12,15-16H2,1H3. The number of nitrogens with zero attached hydrogens (tertiary/aromatic N) is 3. The highest BCUT2D eigenvalue weighted by Gasteiger charge is 2.23. The van der Waals surface area contributed by atoms with Gasteiger partial charge < -0.3 is 14.4 Å². The number of benzene rings is 2. The molecule has 5 rings (SSSR count). The maximum Gasteiger partial charge on any atom is 0.278 e. The molecule has 6 nitrogen and oxygen atoms in total. The number of aryl methyl sites for hydroxylation is 1. The van der Waals surface area contributed by atoms with Crippen molar-refractivity contribution in [3.05, 3.63) is 70.7 Å². The molecule has 2 aliphatic rings. The molecule has 2 aromatic carbocycles. The van der Waals surface area contributed by atoms with Crippen LogP contribution in [0.15, 0.2) is 54.7 Å². The fourth-order valence-electron chi connectivity index (χ4n) is 4.00. The predicted molar refractivity (Wildman–Crippen MR) is 120 cm³/mol. The average molecular weight is 436 g/mol. The first-order valence-electron chi connectivity index (χ1n) is 10.6. The van der Waals surface area contributed by atoms with Crippen molar-refractivity contribution in [1.29, 1.82) is 0 Å². The zero-order chi connectivity index (χ0) is 21.2. The van der Waals surface area contributed by atoms with Gasteiger partial charge in [-0.2, -0.15) is 0 Å². The Morgan fingerprint density at radius 3 is 2.90 bits per heavy atom. The smallest absolute Gasteiger partial charge is 0.278 e. The molecule has 1 unspecified atom stereocenters. The fraction of sp³-hybridized carbons (Fsp3) is 0.333. The number of thiazole rings is 1. The van der Waals surface area contributed by atoms with Gasteiger partial charge in [0.15, 0.2) is 0 Å². The second-order valence-electron chi connectivity index (χ2n) is 8.05. The molecule has 1 saturated heterocycles. The molecule has 3 aromatic rings. The summed E-state index contributed by atoms with van der Waals surface area (Å²) in [5, 5.41) is 0.620. The Bertz CT molecular complexity index is 1070. The van der Waals surface area contributed by atoms with Gasteiger partial charge in [-0.3, -0.25) is 9.69 Å². The monoisotopic (exact) mass is 435 g/mol. The lowest BCUT2D eigenvalue weighted by Crippen LogP contribution is -2.47. The first kappa shape index (κ1) is 20.0. The van der Waals surface area contributed by atoms with E-state index in [4.69, 9.17) is 9.47 Å². The molecule has 1 atom stereocenters. The highest BCUT2D eigenvalue weighted by atomic mass is 32.1. The number of carbonyl (C=O) groups excluding carboxylic acids is 1. The van der Waals surface area contributed by atoms with Crippen molar-refractivity contribution in [2.24, 2.45) is 0 Å². The first-order chi connectivity index (χ1) is 15.1. The Morgan fingerprint density at radius 2 is 2.06 bits per heavy atom. The molecule has 1 aromatic heterocycles. The number of ether oxygens (including phenoxy) is 2. The van der Waals surface area contributed by atoms with Gasteiger partial charge in [0.2, 0.25) is 5.91 Å². The van der Waals surface area contributed by atoms with Gasteiger partial charge >= 0.3 is 0 Å².